The zero-order chi connectivity index (χ0) is 18.8. The Kier molecular flexibility index (Phi) is 15.0. The second-order valence-corrected chi connectivity index (χ2v) is 5.01. The normalized spacial score (nSPS) is 10.1. The minimum absolute atomic E-state index is 0.00528. The number of rotatable bonds is 14. The fourth-order valence-corrected chi connectivity index (χ4v) is 1.62. The smallest absolute Gasteiger partial charge is 0.325 e. The third-order valence-corrected chi connectivity index (χ3v) is 3.04. The lowest BCUT2D eigenvalue weighted by molar-refractivity contribution is -0.146. The summed E-state index contributed by atoms with van der Waals surface area (Å²) in [6.07, 6.45) is 6.74. The average Bonchev–Trinajstić information content (AvgIpc) is 2.63. The van der Waals surface area contributed by atoms with E-state index >= 15 is 0 Å². The van der Waals surface area contributed by atoms with Crippen molar-refractivity contribution in [3.05, 3.63) is 23.9 Å². The Balaban J connectivity index is 3.85. The molecule has 25 heavy (non-hydrogen) atoms. The standard InChI is InChI=1S/C18H27N3O4/c1-3-5-9-23-10-11-24-12-13-25-18(22)16-21(4-2)8-6-7-17(14-19)15-20/h6-8H,3-5,9-13,16H2,1-2H3/b8-6+. The number of carbonyl (C=O) groups is 1. The van der Waals surface area contributed by atoms with E-state index in [4.69, 9.17) is 24.7 Å². The van der Waals surface area contributed by atoms with Crippen molar-refractivity contribution in [3.63, 3.8) is 0 Å². The molecule has 0 saturated heterocycles. The Morgan fingerprint density at radius 3 is 2.28 bits per heavy atom. The molecule has 0 atom stereocenters. The molecule has 7 heteroatoms. The Bertz CT molecular complexity index is 487. The second kappa shape index (κ2) is 16.5. The van der Waals surface area contributed by atoms with Gasteiger partial charge in [0.2, 0.25) is 0 Å². The minimum atomic E-state index is -0.362. The molecule has 0 saturated carbocycles. The van der Waals surface area contributed by atoms with Gasteiger partial charge in [0.15, 0.2) is 0 Å². The van der Waals surface area contributed by atoms with E-state index in [1.54, 1.807) is 29.3 Å². The van der Waals surface area contributed by atoms with Crippen LogP contribution in [0.25, 0.3) is 0 Å². The lowest BCUT2D eigenvalue weighted by Crippen LogP contribution is -2.27. The number of hydrogen-bond donors (Lipinski definition) is 0. The van der Waals surface area contributed by atoms with Gasteiger partial charge >= 0.3 is 5.97 Å². The van der Waals surface area contributed by atoms with Crippen LogP contribution in [0.2, 0.25) is 0 Å². The van der Waals surface area contributed by atoms with Gasteiger partial charge in [-0.1, -0.05) is 13.3 Å². The van der Waals surface area contributed by atoms with Crippen molar-refractivity contribution in [2.24, 2.45) is 0 Å². The SMILES string of the molecule is CCCCOCCOCCOC(=O)CN(/C=C/C=C(C#N)C#N)CC. The molecule has 0 bridgehead atoms. The van der Waals surface area contributed by atoms with E-state index in [1.807, 2.05) is 6.92 Å². The highest BCUT2D eigenvalue weighted by molar-refractivity contribution is 5.71. The van der Waals surface area contributed by atoms with E-state index in [0.717, 1.165) is 19.4 Å². The van der Waals surface area contributed by atoms with Crippen LogP contribution in [0.4, 0.5) is 0 Å². The molecule has 0 unspecified atom stereocenters. The van der Waals surface area contributed by atoms with Gasteiger partial charge in [-0.25, -0.2) is 0 Å². The first kappa shape index (κ1) is 22.6. The molecular formula is C18H27N3O4. The van der Waals surface area contributed by atoms with Crippen molar-refractivity contribution in [1.29, 1.82) is 10.5 Å². The highest BCUT2D eigenvalue weighted by Gasteiger charge is 2.06. The Morgan fingerprint density at radius 1 is 1.04 bits per heavy atom. The maximum absolute atomic E-state index is 11.7. The largest absolute Gasteiger partial charge is 0.462 e. The summed E-state index contributed by atoms with van der Waals surface area (Å²) in [5.41, 5.74) is 0.00528. The van der Waals surface area contributed by atoms with Crippen molar-refractivity contribution < 1.29 is 19.0 Å². The quantitative estimate of drug-likeness (QED) is 0.205. The first-order valence-electron chi connectivity index (χ1n) is 8.41. The summed E-state index contributed by atoms with van der Waals surface area (Å²) in [7, 11) is 0. The highest BCUT2D eigenvalue weighted by Crippen LogP contribution is 1.95. The van der Waals surface area contributed by atoms with Gasteiger partial charge in [-0.3, -0.25) is 4.79 Å². The van der Waals surface area contributed by atoms with E-state index in [-0.39, 0.29) is 24.7 Å². The number of likely N-dealkylation sites (N-methyl/N-ethyl adjacent to an activating group) is 1. The summed E-state index contributed by atoms with van der Waals surface area (Å²) in [4.78, 5) is 13.4. The van der Waals surface area contributed by atoms with Gasteiger partial charge in [-0.2, -0.15) is 10.5 Å². The molecule has 0 N–H and O–H groups in total. The summed E-state index contributed by atoms with van der Waals surface area (Å²) < 4.78 is 15.7. The number of nitriles is 2. The Hall–Kier alpha value is -2.35. The van der Waals surface area contributed by atoms with Crippen molar-refractivity contribution in [3.8, 4) is 12.1 Å². The minimum Gasteiger partial charge on any atom is -0.462 e. The lowest BCUT2D eigenvalue weighted by Gasteiger charge is -2.16. The van der Waals surface area contributed by atoms with Crippen LogP contribution < -0.4 is 0 Å². The molecule has 0 aromatic carbocycles. The molecule has 7 nitrogen and oxygen atoms in total. The van der Waals surface area contributed by atoms with Crippen LogP contribution in [-0.4, -0.2) is 57.0 Å². The number of unbranched alkanes of at least 4 members (excludes halogenated alkanes) is 1. The van der Waals surface area contributed by atoms with E-state index in [1.165, 1.54) is 6.08 Å². The van der Waals surface area contributed by atoms with Gasteiger partial charge in [-0.05, 0) is 31.7 Å². The van der Waals surface area contributed by atoms with E-state index in [9.17, 15) is 4.79 Å². The van der Waals surface area contributed by atoms with Crippen LogP contribution in [0.3, 0.4) is 0 Å². The van der Waals surface area contributed by atoms with Crippen molar-refractivity contribution in [2.45, 2.75) is 26.7 Å². The van der Waals surface area contributed by atoms with E-state index < -0.39 is 0 Å². The lowest BCUT2D eigenvalue weighted by atomic mass is 10.3. The molecule has 0 spiro atoms. The topological polar surface area (TPSA) is 95.6 Å². The number of hydrogen-bond acceptors (Lipinski definition) is 7. The first-order chi connectivity index (χ1) is 12.2. The van der Waals surface area contributed by atoms with Crippen LogP contribution in [0.15, 0.2) is 23.9 Å². The van der Waals surface area contributed by atoms with Crippen LogP contribution in [0.5, 0.6) is 0 Å². The summed E-state index contributed by atoms with van der Waals surface area (Å²) in [6.45, 7) is 6.99. The fourth-order valence-electron chi connectivity index (χ4n) is 1.62. The second-order valence-electron chi connectivity index (χ2n) is 5.01. The van der Waals surface area contributed by atoms with E-state index in [0.29, 0.717) is 26.4 Å². The predicted octanol–water partition coefficient (Wildman–Crippen LogP) is 2.17. The zero-order valence-corrected chi connectivity index (χ0v) is 15.1. The molecule has 0 aliphatic rings. The molecule has 0 aliphatic carbocycles. The Morgan fingerprint density at radius 2 is 1.68 bits per heavy atom. The van der Waals surface area contributed by atoms with Crippen molar-refractivity contribution in [1.82, 2.24) is 4.90 Å². The molecule has 0 aliphatic heterocycles. The maximum atomic E-state index is 11.7. The third-order valence-electron chi connectivity index (χ3n) is 3.04. The van der Waals surface area contributed by atoms with Gasteiger partial charge in [0, 0.05) is 13.2 Å². The first-order valence-corrected chi connectivity index (χ1v) is 8.41. The van der Waals surface area contributed by atoms with Crippen LogP contribution in [0, 0.1) is 22.7 Å². The predicted molar refractivity (Wildman–Crippen MR) is 93.2 cm³/mol. The van der Waals surface area contributed by atoms with Crippen molar-refractivity contribution >= 4 is 5.97 Å². The maximum Gasteiger partial charge on any atom is 0.325 e. The molecule has 0 aromatic heterocycles. The summed E-state index contributed by atoms with van der Waals surface area (Å²) in [5, 5.41) is 17.2. The number of esters is 1. The van der Waals surface area contributed by atoms with Gasteiger partial charge in [-0.15, -0.1) is 0 Å². The van der Waals surface area contributed by atoms with Crippen molar-refractivity contribution in [2.75, 3.05) is 46.1 Å². The average molecular weight is 349 g/mol. The van der Waals surface area contributed by atoms with Gasteiger partial charge in [0.25, 0.3) is 0 Å². The van der Waals surface area contributed by atoms with Crippen LogP contribution in [-0.2, 0) is 19.0 Å². The number of carbonyl (C=O) groups excluding carboxylic acids is 1. The zero-order valence-electron chi connectivity index (χ0n) is 15.1. The summed E-state index contributed by atoms with van der Waals surface area (Å²) in [5.74, 6) is -0.362. The number of allylic oxidation sites excluding steroid dienone is 3. The molecule has 138 valence electrons. The molecule has 0 heterocycles. The molecular weight excluding hydrogens is 322 g/mol. The van der Waals surface area contributed by atoms with Crippen LogP contribution >= 0.6 is 0 Å². The highest BCUT2D eigenvalue weighted by atomic mass is 16.6. The van der Waals surface area contributed by atoms with Gasteiger partial charge < -0.3 is 19.1 Å². The molecule has 0 amide bonds. The van der Waals surface area contributed by atoms with Gasteiger partial charge in [0.1, 0.15) is 30.9 Å². The molecule has 0 fully saturated rings. The fraction of sp³-hybridized carbons (Fsp3) is 0.611. The summed E-state index contributed by atoms with van der Waals surface area (Å²) >= 11 is 0. The number of nitrogens with zero attached hydrogens (tertiary/aromatic N) is 3. The van der Waals surface area contributed by atoms with Crippen LogP contribution in [0.1, 0.15) is 26.7 Å². The number of ether oxygens (including phenoxy) is 3. The molecule has 0 aromatic rings. The Labute approximate surface area is 150 Å². The molecule has 0 rings (SSSR count). The van der Waals surface area contributed by atoms with E-state index in [2.05, 4.69) is 6.92 Å². The van der Waals surface area contributed by atoms with Gasteiger partial charge in [0.05, 0.1) is 19.8 Å². The third kappa shape index (κ3) is 13.8. The molecule has 0 radical (unpaired) electrons. The monoisotopic (exact) mass is 349 g/mol. The summed E-state index contributed by atoms with van der Waals surface area (Å²) in [6, 6.07) is 3.52.